The molecular formula is C23H20N2O5S. The number of anilines is 2. The van der Waals surface area contributed by atoms with E-state index in [0.29, 0.717) is 28.3 Å². The molecule has 3 aromatic carbocycles. The highest BCUT2D eigenvalue weighted by molar-refractivity contribution is 7.92. The van der Waals surface area contributed by atoms with E-state index in [1.54, 1.807) is 72.8 Å². The molecule has 3 aromatic rings. The number of sulfonamides is 1. The fraction of sp³-hybridized carbons (Fsp3) is 0.130. The molecule has 4 rings (SSSR count). The van der Waals surface area contributed by atoms with Gasteiger partial charge in [-0.1, -0.05) is 54.6 Å². The number of para-hydroxylation sites is 3. The lowest BCUT2D eigenvalue weighted by Crippen LogP contribution is -2.48. The van der Waals surface area contributed by atoms with Crippen molar-refractivity contribution < 1.29 is 22.7 Å². The van der Waals surface area contributed by atoms with Gasteiger partial charge in [-0.3, -0.25) is 13.9 Å². The molecule has 0 radical (unpaired) electrons. The molecule has 0 fully saturated rings. The van der Waals surface area contributed by atoms with E-state index < -0.39 is 22.0 Å². The molecule has 0 aliphatic carbocycles. The summed E-state index contributed by atoms with van der Waals surface area (Å²) in [6.07, 6.45) is 0.00208. The van der Waals surface area contributed by atoms with E-state index in [4.69, 9.17) is 4.74 Å². The molecule has 1 amide bonds. The summed E-state index contributed by atoms with van der Waals surface area (Å²) >= 11 is 0. The first-order valence-electron chi connectivity index (χ1n) is 9.57. The van der Waals surface area contributed by atoms with Crippen LogP contribution in [0.2, 0.25) is 0 Å². The monoisotopic (exact) mass is 436 g/mol. The number of hydrogen-bond acceptors (Lipinski definition) is 5. The first kappa shape index (κ1) is 20.6. The molecule has 0 unspecified atom stereocenters. The first-order chi connectivity index (χ1) is 14.8. The third-order valence-corrected chi connectivity index (χ3v) is 6.04. The van der Waals surface area contributed by atoms with E-state index in [2.05, 4.69) is 5.32 Å². The summed E-state index contributed by atoms with van der Waals surface area (Å²) in [5, 5.41) is 2.73. The van der Waals surface area contributed by atoms with Crippen LogP contribution in [0.5, 0.6) is 5.75 Å². The smallest absolute Gasteiger partial charge is 0.267 e. The van der Waals surface area contributed by atoms with Crippen molar-refractivity contribution in [1.29, 1.82) is 0 Å². The third-order valence-electron chi connectivity index (χ3n) is 4.89. The Hall–Kier alpha value is -3.65. The van der Waals surface area contributed by atoms with Gasteiger partial charge in [-0.2, -0.15) is 0 Å². The molecule has 158 valence electrons. The second-order valence-corrected chi connectivity index (χ2v) is 9.01. The lowest BCUT2D eigenvalue weighted by molar-refractivity contribution is -0.122. The average Bonchev–Trinajstić information content (AvgIpc) is 2.78. The van der Waals surface area contributed by atoms with E-state index in [1.807, 2.05) is 6.07 Å². The molecule has 8 heteroatoms. The second-order valence-electron chi connectivity index (χ2n) is 7.10. The van der Waals surface area contributed by atoms with Crippen molar-refractivity contribution in [2.45, 2.75) is 6.10 Å². The number of ether oxygens (including phenoxy) is 1. The fourth-order valence-corrected chi connectivity index (χ4v) is 4.32. The highest BCUT2D eigenvalue weighted by Crippen LogP contribution is 2.35. The molecule has 1 N–H and O–H groups in total. The number of carbonyl (C=O) groups is 2. The molecule has 0 spiro atoms. The lowest BCUT2D eigenvalue weighted by Gasteiger charge is -2.33. The summed E-state index contributed by atoms with van der Waals surface area (Å²) in [6, 6.07) is 22.1. The van der Waals surface area contributed by atoms with E-state index in [0.717, 1.165) is 10.6 Å². The maximum atomic E-state index is 13.0. The largest absolute Gasteiger partial charge is 0.476 e. The highest BCUT2D eigenvalue weighted by Gasteiger charge is 2.35. The minimum atomic E-state index is -3.62. The summed E-state index contributed by atoms with van der Waals surface area (Å²) in [6.45, 7) is -0.170. The van der Waals surface area contributed by atoms with E-state index in [1.165, 1.54) is 0 Å². The van der Waals surface area contributed by atoms with Crippen molar-refractivity contribution >= 4 is 33.1 Å². The van der Waals surface area contributed by atoms with Crippen molar-refractivity contribution in [1.82, 2.24) is 0 Å². The fourth-order valence-electron chi connectivity index (χ4n) is 3.40. The van der Waals surface area contributed by atoms with Crippen LogP contribution in [-0.2, 0) is 14.8 Å². The van der Waals surface area contributed by atoms with Crippen LogP contribution in [-0.4, -0.2) is 39.0 Å². The molecular weight excluding hydrogens is 416 g/mol. The van der Waals surface area contributed by atoms with Gasteiger partial charge in [-0.05, 0) is 24.3 Å². The molecule has 1 heterocycles. The molecule has 1 aliphatic rings. The van der Waals surface area contributed by atoms with Gasteiger partial charge in [0.1, 0.15) is 5.75 Å². The molecule has 0 saturated heterocycles. The Bertz CT molecular complexity index is 1240. The zero-order chi connectivity index (χ0) is 22.0. The maximum absolute atomic E-state index is 13.0. The normalized spacial score (nSPS) is 15.5. The van der Waals surface area contributed by atoms with Crippen LogP contribution in [0.25, 0.3) is 0 Å². The number of benzene rings is 3. The minimum Gasteiger partial charge on any atom is -0.476 e. The van der Waals surface area contributed by atoms with Gasteiger partial charge >= 0.3 is 0 Å². The Morgan fingerprint density at radius 1 is 0.935 bits per heavy atom. The van der Waals surface area contributed by atoms with Crippen LogP contribution in [0.3, 0.4) is 0 Å². The third kappa shape index (κ3) is 4.29. The van der Waals surface area contributed by atoms with Crippen LogP contribution >= 0.6 is 0 Å². The molecule has 31 heavy (non-hydrogen) atoms. The zero-order valence-corrected chi connectivity index (χ0v) is 17.5. The zero-order valence-electron chi connectivity index (χ0n) is 16.7. The molecule has 7 nitrogen and oxygen atoms in total. The van der Waals surface area contributed by atoms with Gasteiger partial charge in [0.15, 0.2) is 11.9 Å². The van der Waals surface area contributed by atoms with E-state index >= 15 is 0 Å². The van der Waals surface area contributed by atoms with Crippen LogP contribution in [0.15, 0.2) is 78.9 Å². The van der Waals surface area contributed by atoms with Gasteiger partial charge in [-0.25, -0.2) is 8.42 Å². The SMILES string of the molecule is CS(=O)(=O)N1C[C@@H](C(=O)Nc2ccccc2C(=O)c2ccccc2)Oc2ccccc21. The van der Waals surface area contributed by atoms with Crippen molar-refractivity contribution in [3.8, 4) is 5.75 Å². The molecule has 0 aromatic heterocycles. The Labute approximate surface area is 180 Å². The first-order valence-corrected chi connectivity index (χ1v) is 11.4. The number of rotatable bonds is 5. The summed E-state index contributed by atoms with van der Waals surface area (Å²) in [7, 11) is -3.62. The van der Waals surface area contributed by atoms with Crippen LogP contribution in [0.4, 0.5) is 11.4 Å². The molecule has 0 bridgehead atoms. The topological polar surface area (TPSA) is 92.8 Å². The van der Waals surface area contributed by atoms with Crippen LogP contribution in [0, 0.1) is 0 Å². The Morgan fingerprint density at radius 3 is 2.32 bits per heavy atom. The number of amides is 1. The van der Waals surface area contributed by atoms with Gasteiger partial charge in [0.2, 0.25) is 10.0 Å². The summed E-state index contributed by atoms with van der Waals surface area (Å²) in [5.74, 6) is -0.478. The number of ketones is 1. The van der Waals surface area contributed by atoms with Gasteiger partial charge in [-0.15, -0.1) is 0 Å². The number of fused-ring (bicyclic) bond motifs is 1. The Balaban J connectivity index is 1.61. The lowest BCUT2D eigenvalue weighted by atomic mass is 10.0. The van der Waals surface area contributed by atoms with E-state index in [-0.39, 0.29) is 12.3 Å². The Morgan fingerprint density at radius 2 is 1.58 bits per heavy atom. The quantitative estimate of drug-likeness (QED) is 0.621. The molecule has 1 atom stereocenters. The van der Waals surface area contributed by atoms with Crippen LogP contribution < -0.4 is 14.4 Å². The minimum absolute atomic E-state index is 0.170. The Kier molecular flexibility index (Phi) is 5.48. The number of hydrogen-bond donors (Lipinski definition) is 1. The summed E-state index contributed by atoms with van der Waals surface area (Å²) < 4.78 is 31.5. The van der Waals surface area contributed by atoms with Gasteiger partial charge in [0.05, 0.1) is 24.2 Å². The standard InChI is InChI=1S/C23H20N2O5S/c1-31(28,29)25-15-21(30-20-14-8-7-13-19(20)25)23(27)24-18-12-6-5-11-17(18)22(26)16-9-3-2-4-10-16/h2-14,21H,15H2,1H3,(H,24,27)/t21-/m0/s1. The number of carbonyl (C=O) groups excluding carboxylic acids is 2. The predicted molar refractivity (Wildman–Crippen MR) is 118 cm³/mol. The van der Waals surface area contributed by atoms with Gasteiger partial charge in [0, 0.05) is 11.1 Å². The summed E-state index contributed by atoms with van der Waals surface area (Å²) in [5.41, 5.74) is 1.54. The van der Waals surface area contributed by atoms with Crippen molar-refractivity contribution in [3.05, 3.63) is 90.0 Å². The maximum Gasteiger partial charge on any atom is 0.267 e. The average molecular weight is 436 g/mol. The predicted octanol–water partition coefficient (Wildman–Crippen LogP) is 3.08. The molecule has 1 aliphatic heterocycles. The van der Waals surface area contributed by atoms with Gasteiger partial charge < -0.3 is 10.1 Å². The highest BCUT2D eigenvalue weighted by atomic mass is 32.2. The van der Waals surface area contributed by atoms with Crippen LogP contribution in [0.1, 0.15) is 15.9 Å². The molecule has 0 saturated carbocycles. The van der Waals surface area contributed by atoms with E-state index in [9.17, 15) is 18.0 Å². The number of nitrogens with one attached hydrogen (secondary N) is 1. The van der Waals surface area contributed by atoms with Crippen molar-refractivity contribution in [2.24, 2.45) is 0 Å². The van der Waals surface area contributed by atoms with Crippen molar-refractivity contribution in [2.75, 3.05) is 22.4 Å². The second kappa shape index (κ2) is 8.23. The van der Waals surface area contributed by atoms with Crippen molar-refractivity contribution in [3.63, 3.8) is 0 Å². The summed E-state index contributed by atoms with van der Waals surface area (Å²) in [4.78, 5) is 25.9. The van der Waals surface area contributed by atoms with Gasteiger partial charge in [0.25, 0.3) is 5.91 Å². The number of nitrogens with zero attached hydrogens (tertiary/aromatic N) is 1.